The SMILES string of the molecule is [N]=C1C(=O)NC(=S)NC1=O. The molecule has 1 aliphatic heterocycles. The van der Waals surface area contributed by atoms with E-state index in [1.807, 2.05) is 10.6 Å². The van der Waals surface area contributed by atoms with Crippen molar-refractivity contribution in [3.05, 3.63) is 0 Å². The molecule has 0 aromatic heterocycles. The Morgan fingerprint density at radius 3 is 2.00 bits per heavy atom. The van der Waals surface area contributed by atoms with Gasteiger partial charge in [0.2, 0.25) is 5.71 Å². The topological polar surface area (TPSA) is 80.5 Å². The van der Waals surface area contributed by atoms with Crippen molar-refractivity contribution >= 4 is 34.9 Å². The second kappa shape index (κ2) is 2.14. The molecule has 0 saturated carbocycles. The fourth-order valence-corrected chi connectivity index (χ4v) is 0.644. The summed E-state index contributed by atoms with van der Waals surface area (Å²) in [6, 6.07) is 0. The van der Waals surface area contributed by atoms with Crippen molar-refractivity contribution in [2.24, 2.45) is 0 Å². The second-order valence-electron chi connectivity index (χ2n) is 1.59. The van der Waals surface area contributed by atoms with E-state index in [2.05, 4.69) is 12.2 Å². The molecule has 1 saturated heterocycles. The zero-order valence-corrected chi connectivity index (χ0v) is 5.49. The molecular formula is C4H2N3O2S. The van der Waals surface area contributed by atoms with E-state index in [1.54, 1.807) is 0 Å². The molecule has 1 radical (unpaired) electrons. The minimum Gasteiger partial charge on any atom is -0.297 e. The molecule has 1 aliphatic rings. The average Bonchev–Trinajstić information content (AvgIpc) is 1.82. The Kier molecular flexibility index (Phi) is 1.46. The largest absolute Gasteiger partial charge is 0.297 e. The van der Waals surface area contributed by atoms with Gasteiger partial charge in [-0.3, -0.25) is 20.2 Å². The predicted octanol–water partition coefficient (Wildman–Crippen LogP) is -2.24. The number of hydrogen-bond donors (Lipinski definition) is 2. The summed E-state index contributed by atoms with van der Waals surface area (Å²) in [5.74, 6) is -1.73. The van der Waals surface area contributed by atoms with Crippen LogP contribution in [0.2, 0.25) is 0 Å². The highest BCUT2D eigenvalue weighted by Gasteiger charge is 2.26. The Hall–Kier alpha value is -1.30. The maximum absolute atomic E-state index is 10.5. The Labute approximate surface area is 61.3 Å². The van der Waals surface area contributed by atoms with E-state index in [1.165, 1.54) is 0 Å². The van der Waals surface area contributed by atoms with Crippen molar-refractivity contribution in [2.45, 2.75) is 0 Å². The molecule has 0 unspecified atom stereocenters. The minimum atomic E-state index is -0.867. The van der Waals surface area contributed by atoms with Crippen molar-refractivity contribution in [1.29, 1.82) is 0 Å². The molecule has 1 fully saturated rings. The molecule has 0 aromatic rings. The van der Waals surface area contributed by atoms with Crippen molar-refractivity contribution in [3.63, 3.8) is 0 Å². The summed E-state index contributed by atoms with van der Waals surface area (Å²) in [7, 11) is 0. The molecule has 6 heteroatoms. The number of amides is 2. The van der Waals surface area contributed by atoms with Gasteiger partial charge < -0.3 is 0 Å². The van der Waals surface area contributed by atoms with Gasteiger partial charge in [0.1, 0.15) is 0 Å². The van der Waals surface area contributed by atoms with Crippen LogP contribution in [0.1, 0.15) is 0 Å². The lowest BCUT2D eigenvalue weighted by Gasteiger charge is -2.12. The monoisotopic (exact) mass is 156 g/mol. The quantitative estimate of drug-likeness (QED) is 0.389. The van der Waals surface area contributed by atoms with Crippen LogP contribution in [-0.4, -0.2) is 22.6 Å². The number of nitrogens with one attached hydrogen (secondary N) is 2. The number of hydrogen-bond acceptors (Lipinski definition) is 3. The van der Waals surface area contributed by atoms with Gasteiger partial charge in [-0.05, 0) is 12.2 Å². The first-order valence-corrected chi connectivity index (χ1v) is 2.74. The number of nitrogens with zero attached hydrogens (tertiary/aromatic N) is 1. The van der Waals surface area contributed by atoms with E-state index < -0.39 is 17.5 Å². The fraction of sp³-hybridized carbons (Fsp3) is 0. The van der Waals surface area contributed by atoms with Gasteiger partial charge in [-0.25, -0.2) is 0 Å². The zero-order chi connectivity index (χ0) is 7.72. The molecule has 0 spiro atoms. The number of thiocarbonyl (C=S) groups is 1. The molecule has 0 atom stereocenters. The van der Waals surface area contributed by atoms with E-state index in [0.29, 0.717) is 0 Å². The van der Waals surface area contributed by atoms with Crippen LogP contribution in [0.15, 0.2) is 0 Å². The van der Waals surface area contributed by atoms with Gasteiger partial charge in [0.05, 0.1) is 0 Å². The summed E-state index contributed by atoms with van der Waals surface area (Å²) >= 11 is 4.42. The van der Waals surface area contributed by atoms with E-state index in [0.717, 1.165) is 0 Å². The first kappa shape index (κ1) is 6.81. The van der Waals surface area contributed by atoms with Crippen LogP contribution < -0.4 is 16.0 Å². The fourth-order valence-electron chi connectivity index (χ4n) is 0.459. The Morgan fingerprint density at radius 1 is 1.20 bits per heavy atom. The summed E-state index contributed by atoms with van der Waals surface area (Å²) in [6.07, 6.45) is 0. The molecule has 2 N–H and O–H groups in total. The van der Waals surface area contributed by atoms with E-state index >= 15 is 0 Å². The van der Waals surface area contributed by atoms with Gasteiger partial charge in [0.25, 0.3) is 11.8 Å². The van der Waals surface area contributed by atoms with Crippen molar-refractivity contribution in [3.8, 4) is 0 Å². The third-order valence-corrected chi connectivity index (χ3v) is 1.09. The highest BCUT2D eigenvalue weighted by atomic mass is 32.1. The van der Waals surface area contributed by atoms with Crippen molar-refractivity contribution in [1.82, 2.24) is 16.0 Å². The van der Waals surface area contributed by atoms with Gasteiger partial charge >= 0.3 is 0 Å². The molecule has 0 bridgehead atoms. The van der Waals surface area contributed by atoms with Gasteiger partial charge in [0.15, 0.2) is 5.11 Å². The summed E-state index contributed by atoms with van der Waals surface area (Å²) in [6.45, 7) is 0. The molecule has 51 valence electrons. The lowest BCUT2D eigenvalue weighted by molar-refractivity contribution is -0.118. The van der Waals surface area contributed by atoms with Crippen molar-refractivity contribution < 1.29 is 9.59 Å². The van der Waals surface area contributed by atoms with Crippen LogP contribution in [0.4, 0.5) is 0 Å². The molecule has 0 aliphatic carbocycles. The maximum atomic E-state index is 10.5. The minimum absolute atomic E-state index is 0.0900. The van der Waals surface area contributed by atoms with E-state index in [4.69, 9.17) is 5.41 Å². The molecule has 2 amide bonds. The maximum Gasteiger partial charge on any atom is 0.283 e. The third kappa shape index (κ3) is 1.01. The second-order valence-corrected chi connectivity index (χ2v) is 1.99. The summed E-state index contributed by atoms with van der Waals surface area (Å²) in [5, 5.41) is 12.6. The van der Waals surface area contributed by atoms with Gasteiger partial charge in [-0.1, -0.05) is 0 Å². The Morgan fingerprint density at radius 2 is 1.60 bits per heavy atom. The molecular weight excluding hydrogens is 154 g/mol. The summed E-state index contributed by atoms with van der Waals surface area (Å²) in [5.41, 5.74) is -0.867. The van der Waals surface area contributed by atoms with Crippen LogP contribution >= 0.6 is 12.2 Å². The van der Waals surface area contributed by atoms with Crippen LogP contribution in [0.5, 0.6) is 0 Å². The first-order chi connectivity index (χ1) is 4.61. The Balaban J connectivity index is 2.86. The molecule has 1 heterocycles. The van der Waals surface area contributed by atoms with Crippen molar-refractivity contribution in [2.75, 3.05) is 0 Å². The van der Waals surface area contributed by atoms with E-state index in [-0.39, 0.29) is 5.11 Å². The summed E-state index contributed by atoms with van der Waals surface area (Å²) < 4.78 is 0. The third-order valence-electron chi connectivity index (χ3n) is 0.884. The zero-order valence-electron chi connectivity index (χ0n) is 4.67. The molecule has 1 rings (SSSR count). The summed E-state index contributed by atoms with van der Waals surface area (Å²) in [4.78, 5) is 20.9. The Bertz CT molecular complexity index is 225. The standard InChI is InChI=1S/C4H2N3O2S/c5-1-2(8)6-4(10)7-3(1)9/h(H2,6,7,8,9,10). The highest BCUT2D eigenvalue weighted by molar-refractivity contribution is 7.80. The van der Waals surface area contributed by atoms with Gasteiger partial charge in [-0.2, -0.15) is 0 Å². The highest BCUT2D eigenvalue weighted by Crippen LogP contribution is 1.81. The molecule has 0 aromatic carbocycles. The first-order valence-electron chi connectivity index (χ1n) is 2.34. The lowest BCUT2D eigenvalue weighted by atomic mass is 10.3. The van der Waals surface area contributed by atoms with Crippen LogP contribution in [0.25, 0.3) is 0 Å². The van der Waals surface area contributed by atoms with Gasteiger partial charge in [-0.15, -0.1) is 5.41 Å². The molecule has 10 heavy (non-hydrogen) atoms. The van der Waals surface area contributed by atoms with E-state index in [9.17, 15) is 9.59 Å². The molecule has 5 nitrogen and oxygen atoms in total. The van der Waals surface area contributed by atoms with Crippen LogP contribution in [-0.2, 0) is 9.59 Å². The normalized spacial score (nSPS) is 18.4. The van der Waals surface area contributed by atoms with Gasteiger partial charge in [0, 0.05) is 0 Å². The smallest absolute Gasteiger partial charge is 0.283 e. The number of carbonyl (C=O) groups is 2. The average molecular weight is 156 g/mol. The number of rotatable bonds is 0. The number of carbonyl (C=O) groups excluding carboxylic acids is 2. The van der Waals surface area contributed by atoms with Crippen LogP contribution in [0, 0.1) is 0 Å². The lowest BCUT2D eigenvalue weighted by Crippen LogP contribution is -2.56. The predicted molar refractivity (Wildman–Crippen MR) is 36.0 cm³/mol. The van der Waals surface area contributed by atoms with Crippen LogP contribution in [0.3, 0.4) is 0 Å².